The van der Waals surface area contributed by atoms with E-state index < -0.39 is 9.84 Å². The Balaban J connectivity index is 1.68. The van der Waals surface area contributed by atoms with E-state index in [1.807, 2.05) is 11.0 Å². The van der Waals surface area contributed by atoms with Crippen LogP contribution in [0.15, 0.2) is 41.4 Å². The number of rotatable bonds is 5. The first-order chi connectivity index (χ1) is 14.3. The standard InChI is InChI=1S/C20H20ClFN2O4S2/c1-27-18-7-6-12(8-19(18)28-2)24-17-11-30(25,26)10-16(17)23-20(24)29-9-13-14(21)4-3-5-15(13)22/h3-8,16-17H,9-11H2,1-2H3/t16-,17+/m1/s1. The number of nitrogens with zero attached hydrogens (tertiary/aromatic N) is 2. The van der Waals surface area contributed by atoms with Gasteiger partial charge in [-0.05, 0) is 24.3 Å². The summed E-state index contributed by atoms with van der Waals surface area (Å²) < 4.78 is 49.3. The molecule has 1 saturated heterocycles. The maximum Gasteiger partial charge on any atom is 0.164 e. The van der Waals surface area contributed by atoms with Crippen LogP contribution in [0.4, 0.5) is 10.1 Å². The third-order valence-corrected chi connectivity index (χ3v) is 8.21. The van der Waals surface area contributed by atoms with Crippen LogP contribution in [0, 0.1) is 5.82 Å². The van der Waals surface area contributed by atoms with Gasteiger partial charge in [-0.1, -0.05) is 29.4 Å². The number of aliphatic imine (C=N–C) groups is 1. The molecule has 0 saturated carbocycles. The van der Waals surface area contributed by atoms with Gasteiger partial charge in [0.05, 0.1) is 37.8 Å². The summed E-state index contributed by atoms with van der Waals surface area (Å²) in [5.41, 5.74) is 1.13. The molecule has 2 heterocycles. The lowest BCUT2D eigenvalue weighted by Crippen LogP contribution is -2.39. The zero-order valence-electron chi connectivity index (χ0n) is 16.3. The van der Waals surface area contributed by atoms with Gasteiger partial charge in [0.25, 0.3) is 0 Å². The second-order valence-corrected chi connectivity index (χ2v) is 10.5. The highest BCUT2D eigenvalue weighted by molar-refractivity contribution is 8.13. The van der Waals surface area contributed by atoms with E-state index in [-0.39, 0.29) is 35.2 Å². The molecular formula is C20H20ClFN2O4S2. The van der Waals surface area contributed by atoms with Crippen LogP contribution in [-0.4, -0.2) is 51.4 Å². The monoisotopic (exact) mass is 470 g/mol. The molecule has 6 nitrogen and oxygen atoms in total. The maximum absolute atomic E-state index is 14.2. The van der Waals surface area contributed by atoms with Crippen LogP contribution in [0.1, 0.15) is 5.56 Å². The van der Waals surface area contributed by atoms with Crippen molar-refractivity contribution in [2.45, 2.75) is 17.8 Å². The molecule has 10 heteroatoms. The van der Waals surface area contributed by atoms with E-state index in [9.17, 15) is 12.8 Å². The minimum Gasteiger partial charge on any atom is -0.493 e. The molecule has 0 aliphatic carbocycles. The van der Waals surface area contributed by atoms with Gasteiger partial charge >= 0.3 is 0 Å². The summed E-state index contributed by atoms with van der Waals surface area (Å²) in [4.78, 5) is 6.56. The predicted molar refractivity (Wildman–Crippen MR) is 118 cm³/mol. The summed E-state index contributed by atoms with van der Waals surface area (Å²) in [5.74, 6) is 1.02. The van der Waals surface area contributed by atoms with Crippen LogP contribution in [0.3, 0.4) is 0 Å². The molecule has 0 N–H and O–H groups in total. The number of methoxy groups -OCH3 is 2. The first kappa shape index (κ1) is 21.3. The minimum atomic E-state index is -3.17. The summed E-state index contributed by atoms with van der Waals surface area (Å²) in [6, 6.07) is 9.29. The molecule has 0 radical (unpaired) electrons. The van der Waals surface area contributed by atoms with Crippen molar-refractivity contribution in [1.29, 1.82) is 0 Å². The molecule has 0 aromatic heterocycles. The van der Waals surface area contributed by atoms with Crippen molar-refractivity contribution in [3.8, 4) is 11.5 Å². The minimum absolute atomic E-state index is 0.00592. The van der Waals surface area contributed by atoms with Gasteiger partial charge in [-0.2, -0.15) is 0 Å². The van der Waals surface area contributed by atoms with Crippen molar-refractivity contribution in [1.82, 2.24) is 0 Å². The largest absolute Gasteiger partial charge is 0.493 e. The van der Waals surface area contributed by atoms with Crippen LogP contribution in [0.5, 0.6) is 11.5 Å². The van der Waals surface area contributed by atoms with Gasteiger partial charge in [-0.15, -0.1) is 0 Å². The molecule has 2 aromatic carbocycles. The van der Waals surface area contributed by atoms with Crippen LogP contribution in [-0.2, 0) is 15.6 Å². The molecule has 2 atom stereocenters. The van der Waals surface area contributed by atoms with E-state index in [0.29, 0.717) is 27.3 Å². The third kappa shape index (κ3) is 3.98. The molecule has 0 spiro atoms. The molecule has 0 bridgehead atoms. The van der Waals surface area contributed by atoms with Crippen molar-refractivity contribution < 1.29 is 22.3 Å². The topological polar surface area (TPSA) is 68.2 Å². The fraction of sp³-hybridized carbons (Fsp3) is 0.350. The van der Waals surface area contributed by atoms with Gasteiger partial charge in [-0.3, -0.25) is 4.99 Å². The smallest absolute Gasteiger partial charge is 0.164 e. The lowest BCUT2D eigenvalue weighted by molar-refractivity contribution is 0.355. The second-order valence-electron chi connectivity index (χ2n) is 7.02. The Morgan fingerprint density at radius 1 is 1.20 bits per heavy atom. The highest BCUT2D eigenvalue weighted by Crippen LogP contribution is 2.39. The van der Waals surface area contributed by atoms with Crippen molar-refractivity contribution in [3.63, 3.8) is 0 Å². The van der Waals surface area contributed by atoms with Gasteiger partial charge in [0, 0.05) is 28.1 Å². The van der Waals surface area contributed by atoms with Crippen LogP contribution in [0.2, 0.25) is 5.02 Å². The molecule has 0 unspecified atom stereocenters. The van der Waals surface area contributed by atoms with Crippen LogP contribution in [0.25, 0.3) is 0 Å². The summed E-state index contributed by atoms with van der Waals surface area (Å²) in [6.45, 7) is 0. The lowest BCUT2D eigenvalue weighted by Gasteiger charge is -2.27. The average Bonchev–Trinajstić information content (AvgIpc) is 3.18. The molecule has 4 rings (SSSR count). The third-order valence-electron chi connectivity index (χ3n) is 5.16. The summed E-state index contributed by atoms with van der Waals surface area (Å²) in [6.07, 6.45) is 0. The normalized spacial score (nSPS) is 22.0. The van der Waals surface area contributed by atoms with E-state index in [1.54, 1.807) is 38.5 Å². The molecule has 2 aliphatic rings. The van der Waals surface area contributed by atoms with E-state index in [4.69, 9.17) is 21.1 Å². The number of amidine groups is 1. The van der Waals surface area contributed by atoms with Crippen LogP contribution >= 0.6 is 23.4 Å². The lowest BCUT2D eigenvalue weighted by atomic mass is 10.1. The first-order valence-electron chi connectivity index (χ1n) is 9.18. The average molecular weight is 471 g/mol. The Bertz CT molecular complexity index is 1090. The molecule has 30 heavy (non-hydrogen) atoms. The fourth-order valence-electron chi connectivity index (χ4n) is 3.72. The van der Waals surface area contributed by atoms with E-state index in [1.165, 1.54) is 17.8 Å². The Morgan fingerprint density at radius 3 is 2.67 bits per heavy atom. The molecule has 2 aromatic rings. The fourth-order valence-corrected chi connectivity index (χ4v) is 7.03. The number of halogens is 2. The molecular weight excluding hydrogens is 451 g/mol. The van der Waals surface area contributed by atoms with Gasteiger partial charge in [0.2, 0.25) is 0 Å². The zero-order valence-corrected chi connectivity index (χ0v) is 18.7. The predicted octanol–water partition coefficient (Wildman–Crippen LogP) is 3.77. The quantitative estimate of drug-likeness (QED) is 0.662. The van der Waals surface area contributed by atoms with Gasteiger partial charge in [0.15, 0.2) is 26.5 Å². The Morgan fingerprint density at radius 2 is 1.97 bits per heavy atom. The number of hydrogen-bond donors (Lipinski definition) is 0. The maximum atomic E-state index is 14.2. The van der Waals surface area contributed by atoms with Crippen molar-refractivity contribution >= 4 is 44.1 Å². The highest BCUT2D eigenvalue weighted by Gasteiger charge is 2.47. The van der Waals surface area contributed by atoms with Gasteiger partial charge in [0.1, 0.15) is 5.82 Å². The Hall–Kier alpha value is -1.97. The van der Waals surface area contributed by atoms with E-state index in [2.05, 4.69) is 4.99 Å². The van der Waals surface area contributed by atoms with Gasteiger partial charge < -0.3 is 14.4 Å². The molecule has 1 fully saturated rings. The highest BCUT2D eigenvalue weighted by atomic mass is 35.5. The number of sulfone groups is 1. The number of thioether (sulfide) groups is 1. The summed E-state index contributed by atoms with van der Waals surface area (Å²) >= 11 is 7.49. The van der Waals surface area contributed by atoms with E-state index in [0.717, 1.165) is 5.69 Å². The number of anilines is 1. The summed E-state index contributed by atoms with van der Waals surface area (Å²) in [5, 5.41) is 0.980. The van der Waals surface area contributed by atoms with E-state index >= 15 is 0 Å². The van der Waals surface area contributed by atoms with Crippen molar-refractivity contribution in [3.05, 3.63) is 52.8 Å². The molecule has 0 amide bonds. The van der Waals surface area contributed by atoms with Crippen molar-refractivity contribution in [2.75, 3.05) is 30.6 Å². The zero-order chi connectivity index (χ0) is 21.5. The van der Waals surface area contributed by atoms with Crippen molar-refractivity contribution in [2.24, 2.45) is 4.99 Å². The Kier molecular flexibility index (Phi) is 5.87. The SMILES string of the molecule is COc1ccc(N2C(SCc3c(F)cccc3Cl)=N[C@@H]3CS(=O)(=O)C[C@@H]32)cc1OC. The number of ether oxygens (including phenoxy) is 2. The first-order valence-corrected chi connectivity index (χ1v) is 12.4. The summed E-state index contributed by atoms with van der Waals surface area (Å²) in [7, 11) is -0.0845. The Labute approximate surface area is 183 Å². The number of hydrogen-bond acceptors (Lipinski definition) is 7. The number of fused-ring (bicyclic) bond motifs is 1. The van der Waals surface area contributed by atoms with Crippen LogP contribution < -0.4 is 14.4 Å². The number of benzene rings is 2. The molecule has 2 aliphatic heterocycles. The second kappa shape index (κ2) is 8.28. The van der Waals surface area contributed by atoms with Gasteiger partial charge in [-0.25, -0.2) is 12.8 Å². The molecule has 160 valence electrons.